The van der Waals surface area contributed by atoms with Crippen LogP contribution in [0.25, 0.3) is 0 Å². The summed E-state index contributed by atoms with van der Waals surface area (Å²) in [6, 6.07) is 9.18. The average Bonchev–Trinajstić information content (AvgIpc) is 3.05. The Morgan fingerprint density at radius 1 is 1.21 bits per heavy atom. The number of sulfone groups is 1. The summed E-state index contributed by atoms with van der Waals surface area (Å²) in [5.41, 5.74) is 7.06. The van der Waals surface area contributed by atoms with Gasteiger partial charge in [0.25, 0.3) is 0 Å². The van der Waals surface area contributed by atoms with Crippen molar-refractivity contribution in [1.29, 1.82) is 0 Å². The molecule has 158 valence electrons. The molecule has 0 radical (unpaired) electrons. The first kappa shape index (κ1) is 21.5. The molecule has 29 heavy (non-hydrogen) atoms. The summed E-state index contributed by atoms with van der Waals surface area (Å²) >= 11 is 0. The van der Waals surface area contributed by atoms with E-state index in [9.17, 15) is 13.2 Å². The predicted octanol–water partition coefficient (Wildman–Crippen LogP) is 2.21. The number of amides is 1. The van der Waals surface area contributed by atoms with Crippen LogP contribution >= 0.6 is 0 Å². The lowest BCUT2D eigenvalue weighted by atomic mass is 9.96. The number of nitrogens with zero attached hydrogens (tertiary/aromatic N) is 3. The normalized spacial score (nSPS) is 16.4. The van der Waals surface area contributed by atoms with Gasteiger partial charge in [-0.25, -0.2) is 13.4 Å². The van der Waals surface area contributed by atoms with E-state index in [0.717, 1.165) is 37.2 Å². The highest BCUT2D eigenvalue weighted by Crippen LogP contribution is 2.23. The molecule has 1 aliphatic rings. The van der Waals surface area contributed by atoms with Crippen LogP contribution in [0.15, 0.2) is 41.7 Å². The molecule has 0 saturated carbocycles. The molecule has 3 rings (SSSR count). The number of aromatic nitrogens is 2. The van der Waals surface area contributed by atoms with E-state index in [1.54, 1.807) is 6.20 Å². The van der Waals surface area contributed by atoms with Crippen LogP contribution < -0.4 is 5.73 Å². The summed E-state index contributed by atoms with van der Waals surface area (Å²) in [6.45, 7) is 6.88. The minimum Gasteiger partial charge on any atom is -0.369 e. The van der Waals surface area contributed by atoms with Gasteiger partial charge in [-0.3, -0.25) is 9.69 Å². The third kappa shape index (κ3) is 5.45. The molecular weight excluding hydrogens is 388 g/mol. The molecule has 1 aromatic carbocycles. The zero-order valence-electron chi connectivity index (χ0n) is 17.1. The second-order valence-corrected chi connectivity index (χ2v) is 10.1. The van der Waals surface area contributed by atoms with Crippen LogP contribution in [0.3, 0.4) is 0 Å². The number of nitrogens with two attached hydrogens (primary N) is 1. The van der Waals surface area contributed by atoms with Gasteiger partial charge < -0.3 is 10.3 Å². The zero-order chi connectivity index (χ0) is 21.0. The van der Waals surface area contributed by atoms with Gasteiger partial charge in [0.1, 0.15) is 0 Å². The first-order valence-corrected chi connectivity index (χ1v) is 11.7. The second kappa shape index (κ2) is 9.09. The molecule has 1 aromatic heterocycles. The van der Waals surface area contributed by atoms with Gasteiger partial charge >= 0.3 is 0 Å². The third-order valence-electron chi connectivity index (χ3n) is 5.30. The Morgan fingerprint density at radius 3 is 2.45 bits per heavy atom. The molecule has 2 heterocycles. The fourth-order valence-electron chi connectivity index (χ4n) is 3.79. The van der Waals surface area contributed by atoms with E-state index in [2.05, 4.69) is 23.7 Å². The monoisotopic (exact) mass is 418 g/mol. The Kier molecular flexibility index (Phi) is 6.74. The summed E-state index contributed by atoms with van der Waals surface area (Å²) < 4.78 is 28.0. The lowest BCUT2D eigenvalue weighted by Crippen LogP contribution is -2.38. The molecule has 0 unspecified atom stereocenters. The number of piperidine rings is 1. The van der Waals surface area contributed by atoms with Crippen molar-refractivity contribution < 1.29 is 13.2 Å². The number of benzene rings is 1. The van der Waals surface area contributed by atoms with Crippen molar-refractivity contribution in [2.75, 3.05) is 13.1 Å². The number of imidazole rings is 1. The summed E-state index contributed by atoms with van der Waals surface area (Å²) in [6.07, 6.45) is 3.17. The summed E-state index contributed by atoms with van der Waals surface area (Å²) in [5.74, 6) is -0.0708. The standard InChI is InChI=1S/C21H30N4O3S/c1-16(2)13-25-19(14-24-10-8-18(9-11-24)20(22)26)12-23-21(25)29(27,28)15-17-6-4-3-5-7-17/h3-7,12,16,18H,8-11,13-15H2,1-2H3,(H2,22,26). The number of carbonyl (C=O) groups excluding carboxylic acids is 1. The lowest BCUT2D eigenvalue weighted by Gasteiger charge is -2.30. The Bertz CT molecular complexity index is 930. The van der Waals surface area contributed by atoms with Crippen molar-refractivity contribution in [2.45, 2.75) is 50.7 Å². The number of primary amides is 1. The molecule has 1 saturated heterocycles. The predicted molar refractivity (Wildman–Crippen MR) is 112 cm³/mol. The van der Waals surface area contributed by atoms with Crippen molar-refractivity contribution in [2.24, 2.45) is 17.6 Å². The van der Waals surface area contributed by atoms with Crippen molar-refractivity contribution in [1.82, 2.24) is 14.5 Å². The molecule has 0 atom stereocenters. The van der Waals surface area contributed by atoms with Crippen molar-refractivity contribution in [3.63, 3.8) is 0 Å². The fourth-order valence-corrected chi connectivity index (χ4v) is 5.29. The van der Waals surface area contributed by atoms with E-state index in [-0.39, 0.29) is 28.7 Å². The topological polar surface area (TPSA) is 98.3 Å². The molecule has 1 aliphatic heterocycles. The van der Waals surface area contributed by atoms with E-state index >= 15 is 0 Å². The van der Waals surface area contributed by atoms with Crippen LogP contribution in [0.5, 0.6) is 0 Å². The van der Waals surface area contributed by atoms with Crippen LogP contribution in [0.2, 0.25) is 0 Å². The lowest BCUT2D eigenvalue weighted by molar-refractivity contribution is -0.123. The molecule has 0 bridgehead atoms. The number of likely N-dealkylation sites (tertiary alicyclic amines) is 1. The maximum absolute atomic E-state index is 13.1. The summed E-state index contributed by atoms with van der Waals surface area (Å²) in [4.78, 5) is 17.9. The van der Waals surface area contributed by atoms with Gasteiger partial charge in [-0.1, -0.05) is 44.2 Å². The minimum atomic E-state index is -3.56. The Hall–Kier alpha value is -2.19. The fraction of sp³-hybridized carbons (Fsp3) is 0.524. The van der Waals surface area contributed by atoms with E-state index in [0.29, 0.717) is 13.1 Å². The average molecular weight is 419 g/mol. The molecule has 7 nitrogen and oxygen atoms in total. The van der Waals surface area contributed by atoms with E-state index in [4.69, 9.17) is 5.73 Å². The van der Waals surface area contributed by atoms with Gasteiger partial charge in [-0.05, 0) is 37.4 Å². The van der Waals surface area contributed by atoms with Gasteiger partial charge in [0.05, 0.1) is 17.6 Å². The number of rotatable bonds is 8. The number of carbonyl (C=O) groups is 1. The van der Waals surface area contributed by atoms with Gasteiger partial charge in [0.2, 0.25) is 20.9 Å². The largest absolute Gasteiger partial charge is 0.369 e. The van der Waals surface area contributed by atoms with Gasteiger partial charge in [0.15, 0.2) is 0 Å². The molecule has 8 heteroatoms. The van der Waals surface area contributed by atoms with E-state index in [1.165, 1.54) is 0 Å². The highest BCUT2D eigenvalue weighted by atomic mass is 32.2. The van der Waals surface area contributed by atoms with Crippen molar-refractivity contribution in [3.05, 3.63) is 47.8 Å². The van der Waals surface area contributed by atoms with Crippen LogP contribution in [-0.2, 0) is 33.5 Å². The van der Waals surface area contributed by atoms with Crippen molar-refractivity contribution >= 4 is 15.7 Å². The second-order valence-electron chi connectivity index (χ2n) is 8.23. The Morgan fingerprint density at radius 2 is 1.86 bits per heavy atom. The van der Waals surface area contributed by atoms with Crippen LogP contribution in [0.1, 0.15) is 37.9 Å². The van der Waals surface area contributed by atoms with E-state index in [1.807, 2.05) is 34.9 Å². The third-order valence-corrected chi connectivity index (χ3v) is 6.90. The summed E-state index contributed by atoms with van der Waals surface area (Å²) in [5, 5.41) is 0.136. The van der Waals surface area contributed by atoms with Gasteiger partial charge in [-0.2, -0.15) is 0 Å². The SMILES string of the molecule is CC(C)Cn1c(CN2CCC(C(N)=O)CC2)cnc1S(=O)(=O)Cc1ccccc1. The molecular formula is C21H30N4O3S. The van der Waals surface area contributed by atoms with Crippen LogP contribution in [0.4, 0.5) is 0 Å². The minimum absolute atomic E-state index is 0.0614. The molecule has 0 spiro atoms. The number of hydrogen-bond donors (Lipinski definition) is 1. The maximum Gasteiger partial charge on any atom is 0.228 e. The highest BCUT2D eigenvalue weighted by Gasteiger charge is 2.27. The van der Waals surface area contributed by atoms with Crippen LogP contribution in [-0.4, -0.2) is 41.9 Å². The molecule has 2 aromatic rings. The molecule has 2 N–H and O–H groups in total. The Labute approximate surface area is 172 Å². The van der Waals surface area contributed by atoms with Gasteiger partial charge in [-0.15, -0.1) is 0 Å². The maximum atomic E-state index is 13.1. The van der Waals surface area contributed by atoms with Crippen molar-refractivity contribution in [3.8, 4) is 0 Å². The molecule has 0 aliphatic carbocycles. The number of hydrogen-bond acceptors (Lipinski definition) is 5. The summed E-state index contributed by atoms with van der Waals surface area (Å²) in [7, 11) is -3.56. The highest BCUT2D eigenvalue weighted by molar-refractivity contribution is 7.90. The molecule has 1 amide bonds. The first-order valence-electron chi connectivity index (χ1n) is 10.1. The first-order chi connectivity index (χ1) is 13.8. The van der Waals surface area contributed by atoms with Crippen LogP contribution in [0, 0.1) is 11.8 Å². The quantitative estimate of drug-likeness (QED) is 0.709. The smallest absolute Gasteiger partial charge is 0.228 e. The van der Waals surface area contributed by atoms with E-state index < -0.39 is 9.84 Å². The zero-order valence-corrected chi connectivity index (χ0v) is 17.9. The Balaban J connectivity index is 1.80. The molecule has 1 fully saturated rings. The van der Waals surface area contributed by atoms with Gasteiger partial charge in [0, 0.05) is 19.0 Å².